The summed E-state index contributed by atoms with van der Waals surface area (Å²) in [5.41, 5.74) is 0. The van der Waals surface area contributed by atoms with Gasteiger partial charge in [0, 0.05) is 49.5 Å². The Morgan fingerprint density at radius 1 is 0.857 bits per heavy atom. The summed E-state index contributed by atoms with van der Waals surface area (Å²) < 4.78 is 0. The molecule has 1 aliphatic rings. The molecule has 10 heteroatoms. The Bertz CT molecular complexity index is 948. The van der Waals surface area contributed by atoms with Crippen LogP contribution in [0.4, 0.5) is 0 Å². The predicted molar refractivity (Wildman–Crippen MR) is 159 cm³/mol. The minimum atomic E-state index is -1.31. The van der Waals surface area contributed by atoms with E-state index in [1.807, 2.05) is 0 Å². The van der Waals surface area contributed by atoms with Crippen LogP contribution in [0.2, 0.25) is 0 Å². The Morgan fingerprint density at radius 2 is 1.43 bits per heavy atom. The summed E-state index contributed by atoms with van der Waals surface area (Å²) in [5, 5.41) is 22.1. The fourth-order valence-electron chi connectivity index (χ4n) is 5.88. The summed E-state index contributed by atoms with van der Waals surface area (Å²) in [6.07, 6.45) is 0.355. The maximum absolute atomic E-state index is 13.6. The molecule has 10 nitrogen and oxygen atoms in total. The van der Waals surface area contributed by atoms with Crippen molar-refractivity contribution in [1.29, 1.82) is 0 Å². The highest BCUT2D eigenvalue weighted by Crippen LogP contribution is 2.29. The van der Waals surface area contributed by atoms with Gasteiger partial charge in [-0.05, 0) is 50.9 Å². The highest BCUT2D eigenvalue weighted by atomic mass is 16.4. The minimum absolute atomic E-state index is 0.0513. The number of nitrogens with zero attached hydrogens (tertiary/aromatic N) is 1. The van der Waals surface area contributed by atoms with E-state index >= 15 is 0 Å². The number of likely N-dealkylation sites (tertiary alicyclic amines) is 1. The molecule has 0 aromatic rings. The van der Waals surface area contributed by atoms with Gasteiger partial charge < -0.3 is 20.4 Å². The van der Waals surface area contributed by atoms with Crippen LogP contribution in [0.15, 0.2) is 0 Å². The molecule has 1 fully saturated rings. The van der Waals surface area contributed by atoms with Crippen LogP contribution in [0.3, 0.4) is 0 Å². The minimum Gasteiger partial charge on any atom is -0.481 e. The number of carbonyl (C=O) groups is 6. The number of carbonyl (C=O) groups excluding carboxylic acids is 5. The number of Topliss-reactive ketones (excluding diaryl/α,β-unsaturated/α-hetero) is 3. The molecule has 1 aliphatic heterocycles. The van der Waals surface area contributed by atoms with E-state index in [0.717, 1.165) is 0 Å². The fraction of sp³-hybridized carbons (Fsp3) is 0.812. The summed E-state index contributed by atoms with van der Waals surface area (Å²) in [6.45, 7) is 15.1. The Labute approximate surface area is 251 Å². The number of aliphatic hydroxyl groups is 1. The second kappa shape index (κ2) is 17.5. The van der Waals surface area contributed by atoms with E-state index in [0.29, 0.717) is 44.1 Å². The molecule has 0 spiro atoms. The SMILES string of the molecule is CC(C)CC(CC(C)C)C(=O)N1CCC[C@H]1C(=O)C[C@@H](CCC(=O)O)C(=O)N[C@H](C(=O)C[C@@H](C)C(=O)C(C)C)C(C)O. The molecular weight excluding hydrogens is 540 g/mol. The molecule has 0 radical (unpaired) electrons. The molecule has 240 valence electrons. The highest BCUT2D eigenvalue weighted by Gasteiger charge is 2.39. The van der Waals surface area contributed by atoms with E-state index in [-0.39, 0.29) is 55.0 Å². The Balaban J connectivity index is 3.10. The van der Waals surface area contributed by atoms with Crippen molar-refractivity contribution in [2.45, 2.75) is 125 Å². The van der Waals surface area contributed by atoms with Crippen LogP contribution < -0.4 is 5.32 Å². The van der Waals surface area contributed by atoms with Crippen LogP contribution in [0, 0.1) is 35.5 Å². The van der Waals surface area contributed by atoms with Crippen LogP contribution >= 0.6 is 0 Å². The third-order valence-corrected chi connectivity index (χ3v) is 7.98. The van der Waals surface area contributed by atoms with Gasteiger partial charge in [-0.1, -0.05) is 48.5 Å². The lowest BCUT2D eigenvalue weighted by Gasteiger charge is -2.30. The first-order valence-corrected chi connectivity index (χ1v) is 15.6. The number of carboxylic acids is 1. The molecule has 0 aromatic carbocycles. The van der Waals surface area contributed by atoms with Gasteiger partial charge in [-0.25, -0.2) is 0 Å². The van der Waals surface area contributed by atoms with Crippen LogP contribution in [0.5, 0.6) is 0 Å². The average Bonchev–Trinajstić information content (AvgIpc) is 3.37. The maximum atomic E-state index is 13.6. The first-order valence-electron chi connectivity index (χ1n) is 15.6. The third kappa shape index (κ3) is 11.9. The van der Waals surface area contributed by atoms with E-state index in [1.165, 1.54) is 6.92 Å². The van der Waals surface area contributed by atoms with E-state index in [4.69, 9.17) is 0 Å². The zero-order valence-electron chi connectivity index (χ0n) is 26.9. The number of aliphatic hydroxyl groups excluding tert-OH is 1. The first-order chi connectivity index (χ1) is 19.5. The van der Waals surface area contributed by atoms with Gasteiger partial charge in [0.15, 0.2) is 11.6 Å². The molecule has 42 heavy (non-hydrogen) atoms. The maximum Gasteiger partial charge on any atom is 0.303 e. The lowest BCUT2D eigenvalue weighted by Crippen LogP contribution is -2.51. The lowest BCUT2D eigenvalue weighted by atomic mass is 9.87. The standard InChI is InChI=1S/C32H54N2O8/c1-18(2)14-24(15-19(3)4)32(42)34-13-9-10-25(34)26(36)17-23(11-12-28(38)39)31(41)33-29(22(8)35)27(37)16-21(7)30(40)20(5)6/h18-25,29,35H,9-17H2,1-8H3,(H,33,41)(H,38,39)/t21-,22?,23-,25+,29+/m1/s1. The number of aliphatic carboxylic acids is 1. The number of nitrogens with one attached hydrogen (secondary N) is 1. The van der Waals surface area contributed by atoms with Gasteiger partial charge in [0.1, 0.15) is 11.8 Å². The number of ketones is 3. The normalized spacial score (nSPS) is 18.3. The van der Waals surface area contributed by atoms with Crippen molar-refractivity contribution in [3.05, 3.63) is 0 Å². The first kappa shape index (κ1) is 37.4. The molecule has 0 aliphatic carbocycles. The van der Waals surface area contributed by atoms with Crippen molar-refractivity contribution in [2.24, 2.45) is 35.5 Å². The largest absolute Gasteiger partial charge is 0.481 e. The van der Waals surface area contributed by atoms with Gasteiger partial charge in [-0.3, -0.25) is 28.8 Å². The molecule has 1 rings (SSSR count). The summed E-state index contributed by atoms with van der Waals surface area (Å²) in [4.78, 5) is 78.7. The fourth-order valence-corrected chi connectivity index (χ4v) is 5.88. The van der Waals surface area contributed by atoms with Gasteiger partial charge >= 0.3 is 5.97 Å². The Hall–Kier alpha value is -2.62. The van der Waals surface area contributed by atoms with Gasteiger partial charge in [-0.2, -0.15) is 0 Å². The summed E-state index contributed by atoms with van der Waals surface area (Å²) >= 11 is 0. The van der Waals surface area contributed by atoms with E-state index in [1.54, 1.807) is 25.7 Å². The molecule has 0 saturated carbocycles. The molecule has 1 saturated heterocycles. The van der Waals surface area contributed by atoms with Crippen LogP contribution in [-0.2, 0) is 28.8 Å². The second-order valence-electron chi connectivity index (χ2n) is 13.3. The summed E-state index contributed by atoms with van der Waals surface area (Å²) in [7, 11) is 0. The van der Waals surface area contributed by atoms with Gasteiger partial charge in [0.2, 0.25) is 11.8 Å². The Kier molecular flexibility index (Phi) is 15.6. The number of hydrogen-bond donors (Lipinski definition) is 3. The monoisotopic (exact) mass is 594 g/mol. The van der Waals surface area contributed by atoms with Crippen molar-refractivity contribution >= 4 is 35.1 Å². The zero-order chi connectivity index (χ0) is 32.3. The molecule has 3 N–H and O–H groups in total. The van der Waals surface area contributed by atoms with Crippen LogP contribution in [0.25, 0.3) is 0 Å². The van der Waals surface area contributed by atoms with Crippen molar-refractivity contribution in [3.63, 3.8) is 0 Å². The third-order valence-electron chi connectivity index (χ3n) is 7.98. The number of rotatable bonds is 19. The molecule has 0 aromatic heterocycles. The molecule has 0 bridgehead atoms. The van der Waals surface area contributed by atoms with E-state index in [2.05, 4.69) is 33.0 Å². The average molecular weight is 595 g/mol. The van der Waals surface area contributed by atoms with Crippen molar-refractivity contribution in [2.75, 3.05) is 6.54 Å². The number of amides is 2. The quantitative estimate of drug-likeness (QED) is 0.204. The predicted octanol–water partition coefficient (Wildman–Crippen LogP) is 3.81. The molecule has 5 atom stereocenters. The second-order valence-corrected chi connectivity index (χ2v) is 13.3. The van der Waals surface area contributed by atoms with Crippen molar-refractivity contribution in [1.82, 2.24) is 10.2 Å². The highest BCUT2D eigenvalue weighted by molar-refractivity contribution is 5.96. The van der Waals surface area contributed by atoms with Gasteiger partial charge in [0.25, 0.3) is 0 Å². The van der Waals surface area contributed by atoms with E-state index in [9.17, 15) is 39.0 Å². The lowest BCUT2D eigenvalue weighted by molar-refractivity contribution is -0.143. The number of carboxylic acid groups (broad SMARTS) is 1. The molecule has 2 amide bonds. The van der Waals surface area contributed by atoms with Crippen molar-refractivity contribution < 1.29 is 39.0 Å². The molecule has 1 unspecified atom stereocenters. The zero-order valence-corrected chi connectivity index (χ0v) is 26.9. The van der Waals surface area contributed by atoms with E-state index < -0.39 is 47.7 Å². The molecule has 1 heterocycles. The molecular formula is C32H54N2O8. The van der Waals surface area contributed by atoms with Crippen LogP contribution in [0.1, 0.15) is 107 Å². The summed E-state index contributed by atoms with van der Waals surface area (Å²) in [6, 6.07) is -1.99. The van der Waals surface area contributed by atoms with Crippen LogP contribution in [-0.4, -0.2) is 75.0 Å². The van der Waals surface area contributed by atoms with Gasteiger partial charge in [0.05, 0.1) is 12.1 Å². The number of hydrogen-bond acceptors (Lipinski definition) is 7. The summed E-state index contributed by atoms with van der Waals surface area (Å²) in [5.74, 6) is -4.32. The van der Waals surface area contributed by atoms with Gasteiger partial charge in [-0.15, -0.1) is 0 Å². The smallest absolute Gasteiger partial charge is 0.303 e. The topological polar surface area (TPSA) is 158 Å². The van der Waals surface area contributed by atoms with Crippen molar-refractivity contribution in [3.8, 4) is 0 Å². The Morgan fingerprint density at radius 3 is 1.90 bits per heavy atom.